The summed E-state index contributed by atoms with van der Waals surface area (Å²) in [6.45, 7) is 0. The number of alkyl halides is 1. The van der Waals surface area contributed by atoms with E-state index in [-0.39, 0.29) is 5.82 Å². The van der Waals surface area contributed by atoms with Crippen molar-refractivity contribution in [2.45, 2.75) is 6.42 Å². The molecule has 0 aliphatic carbocycles. The Kier molecular flexibility index (Phi) is 3.64. The van der Waals surface area contributed by atoms with E-state index in [0.29, 0.717) is 17.3 Å². The van der Waals surface area contributed by atoms with Gasteiger partial charge in [-0.3, -0.25) is 4.57 Å². The zero-order valence-corrected chi connectivity index (χ0v) is 12.0. The van der Waals surface area contributed by atoms with Gasteiger partial charge in [-0.1, -0.05) is 11.6 Å². The Labute approximate surface area is 125 Å². The SMILES string of the molecule is Fc1ccc2nc(CCCl)n(-c3ccc(Cl)cc3)c2c1. The van der Waals surface area contributed by atoms with Crippen LogP contribution in [0.25, 0.3) is 16.7 Å². The molecular weight excluding hydrogens is 298 g/mol. The van der Waals surface area contributed by atoms with Crippen LogP contribution in [0, 0.1) is 5.82 Å². The minimum atomic E-state index is -0.287. The summed E-state index contributed by atoms with van der Waals surface area (Å²) in [5, 5.41) is 0.656. The van der Waals surface area contributed by atoms with Crippen molar-refractivity contribution >= 4 is 34.2 Å². The molecule has 0 bridgehead atoms. The molecule has 0 N–H and O–H groups in total. The van der Waals surface area contributed by atoms with Crippen molar-refractivity contribution in [1.29, 1.82) is 0 Å². The summed E-state index contributed by atoms with van der Waals surface area (Å²) in [7, 11) is 0. The summed E-state index contributed by atoms with van der Waals surface area (Å²) < 4.78 is 15.4. The van der Waals surface area contributed by atoms with Gasteiger partial charge in [0.2, 0.25) is 0 Å². The maximum Gasteiger partial charge on any atom is 0.125 e. The number of rotatable bonds is 3. The van der Waals surface area contributed by atoms with E-state index in [1.807, 2.05) is 16.7 Å². The van der Waals surface area contributed by atoms with Crippen molar-refractivity contribution in [3.63, 3.8) is 0 Å². The van der Waals surface area contributed by atoms with E-state index >= 15 is 0 Å². The monoisotopic (exact) mass is 308 g/mol. The van der Waals surface area contributed by atoms with E-state index in [1.165, 1.54) is 12.1 Å². The molecule has 3 aromatic rings. The van der Waals surface area contributed by atoms with Crippen LogP contribution < -0.4 is 0 Å². The second kappa shape index (κ2) is 5.43. The summed E-state index contributed by atoms with van der Waals surface area (Å²) in [5.41, 5.74) is 2.37. The number of imidazole rings is 1. The molecule has 20 heavy (non-hydrogen) atoms. The first-order valence-electron chi connectivity index (χ1n) is 6.18. The van der Waals surface area contributed by atoms with Crippen molar-refractivity contribution in [2.24, 2.45) is 0 Å². The summed E-state index contributed by atoms with van der Waals surface area (Å²) in [6, 6.07) is 11.9. The maximum atomic E-state index is 13.5. The predicted molar refractivity (Wildman–Crippen MR) is 80.5 cm³/mol. The van der Waals surface area contributed by atoms with E-state index < -0.39 is 0 Å². The van der Waals surface area contributed by atoms with Gasteiger partial charge in [0.25, 0.3) is 0 Å². The zero-order valence-electron chi connectivity index (χ0n) is 10.5. The van der Waals surface area contributed by atoms with Crippen molar-refractivity contribution in [3.05, 3.63) is 59.1 Å². The highest BCUT2D eigenvalue weighted by Crippen LogP contribution is 2.24. The normalized spacial score (nSPS) is 11.2. The van der Waals surface area contributed by atoms with E-state index in [9.17, 15) is 4.39 Å². The lowest BCUT2D eigenvalue weighted by Crippen LogP contribution is -2.02. The Bertz CT molecular complexity index is 750. The number of benzene rings is 2. The lowest BCUT2D eigenvalue weighted by Gasteiger charge is -2.08. The second-order valence-electron chi connectivity index (χ2n) is 4.41. The van der Waals surface area contributed by atoms with Crippen molar-refractivity contribution in [1.82, 2.24) is 9.55 Å². The Hall–Kier alpha value is -1.58. The third-order valence-corrected chi connectivity index (χ3v) is 3.53. The molecule has 0 aliphatic heterocycles. The topological polar surface area (TPSA) is 17.8 Å². The molecule has 0 spiro atoms. The number of nitrogens with zero attached hydrogens (tertiary/aromatic N) is 2. The number of hydrogen-bond donors (Lipinski definition) is 0. The highest BCUT2D eigenvalue weighted by molar-refractivity contribution is 6.30. The van der Waals surface area contributed by atoms with Crippen LogP contribution in [0.2, 0.25) is 5.02 Å². The van der Waals surface area contributed by atoms with Crippen LogP contribution in [0.15, 0.2) is 42.5 Å². The maximum absolute atomic E-state index is 13.5. The molecule has 0 atom stereocenters. The molecule has 0 saturated carbocycles. The number of hydrogen-bond acceptors (Lipinski definition) is 1. The van der Waals surface area contributed by atoms with Crippen molar-refractivity contribution < 1.29 is 4.39 Å². The van der Waals surface area contributed by atoms with Crippen LogP contribution in [0.3, 0.4) is 0 Å². The van der Waals surface area contributed by atoms with Crippen molar-refractivity contribution in [2.75, 3.05) is 5.88 Å². The first-order chi connectivity index (χ1) is 9.69. The fraction of sp³-hybridized carbons (Fsp3) is 0.133. The Morgan fingerprint density at radius 3 is 2.55 bits per heavy atom. The van der Waals surface area contributed by atoms with Crippen LogP contribution in [0.4, 0.5) is 4.39 Å². The minimum absolute atomic E-state index is 0.287. The van der Waals surface area contributed by atoms with Gasteiger partial charge in [-0.2, -0.15) is 0 Å². The fourth-order valence-corrected chi connectivity index (χ4v) is 2.52. The molecule has 0 saturated heterocycles. The third kappa shape index (κ3) is 2.39. The molecule has 102 valence electrons. The third-order valence-electron chi connectivity index (χ3n) is 3.09. The van der Waals surface area contributed by atoms with Crippen LogP contribution >= 0.6 is 23.2 Å². The standard InChI is InChI=1S/C15H11Cl2FN2/c16-8-7-15-19-13-6-3-11(18)9-14(13)20(15)12-4-1-10(17)2-5-12/h1-6,9H,7-8H2. The minimum Gasteiger partial charge on any atom is -0.296 e. The summed E-state index contributed by atoms with van der Waals surface area (Å²) in [4.78, 5) is 4.52. The molecule has 0 radical (unpaired) electrons. The molecule has 5 heteroatoms. The van der Waals surface area contributed by atoms with Crippen molar-refractivity contribution in [3.8, 4) is 5.69 Å². The Morgan fingerprint density at radius 2 is 1.85 bits per heavy atom. The molecule has 0 aliphatic rings. The number of aryl methyl sites for hydroxylation is 1. The van der Waals surface area contributed by atoms with Gasteiger partial charge >= 0.3 is 0 Å². The first kappa shape index (κ1) is 13.4. The molecule has 3 rings (SSSR count). The van der Waals surface area contributed by atoms with E-state index in [2.05, 4.69) is 4.98 Å². The van der Waals surface area contributed by atoms with Crippen LogP contribution in [-0.4, -0.2) is 15.4 Å². The van der Waals surface area contributed by atoms with Gasteiger partial charge in [0.15, 0.2) is 0 Å². The van der Waals surface area contributed by atoms with Crippen LogP contribution in [-0.2, 0) is 6.42 Å². The highest BCUT2D eigenvalue weighted by atomic mass is 35.5. The largest absolute Gasteiger partial charge is 0.296 e. The summed E-state index contributed by atoms with van der Waals surface area (Å²) in [5.74, 6) is 0.979. The Balaban J connectivity index is 2.27. The molecule has 0 amide bonds. The van der Waals surface area contributed by atoms with Crippen LogP contribution in [0.5, 0.6) is 0 Å². The van der Waals surface area contributed by atoms with E-state index in [4.69, 9.17) is 23.2 Å². The summed E-state index contributed by atoms with van der Waals surface area (Å²) >= 11 is 11.7. The van der Waals surface area contributed by atoms with Gasteiger partial charge in [-0.15, -0.1) is 11.6 Å². The van der Waals surface area contributed by atoms with E-state index in [0.717, 1.165) is 22.5 Å². The molecule has 1 heterocycles. The molecule has 2 nitrogen and oxygen atoms in total. The molecule has 0 unspecified atom stereocenters. The number of aromatic nitrogens is 2. The summed E-state index contributed by atoms with van der Waals surface area (Å²) in [6.07, 6.45) is 0.612. The van der Waals surface area contributed by atoms with Crippen LogP contribution in [0.1, 0.15) is 5.82 Å². The second-order valence-corrected chi connectivity index (χ2v) is 5.23. The number of fused-ring (bicyclic) bond motifs is 1. The average Bonchev–Trinajstić information content (AvgIpc) is 2.78. The number of halogens is 3. The van der Waals surface area contributed by atoms with Gasteiger partial charge in [-0.25, -0.2) is 9.37 Å². The Morgan fingerprint density at radius 1 is 1.10 bits per heavy atom. The fourth-order valence-electron chi connectivity index (χ4n) is 2.23. The molecule has 0 fully saturated rings. The predicted octanol–water partition coefficient (Wildman–Crippen LogP) is 4.60. The lowest BCUT2D eigenvalue weighted by atomic mass is 10.2. The highest BCUT2D eigenvalue weighted by Gasteiger charge is 2.12. The zero-order chi connectivity index (χ0) is 14.1. The van der Waals surface area contributed by atoms with Gasteiger partial charge in [-0.05, 0) is 36.4 Å². The van der Waals surface area contributed by atoms with Gasteiger partial charge < -0.3 is 0 Å². The lowest BCUT2D eigenvalue weighted by molar-refractivity contribution is 0.629. The van der Waals surface area contributed by atoms with Gasteiger partial charge in [0.1, 0.15) is 11.6 Å². The van der Waals surface area contributed by atoms with E-state index in [1.54, 1.807) is 18.2 Å². The average molecular weight is 309 g/mol. The molecule has 2 aromatic carbocycles. The quantitative estimate of drug-likeness (QED) is 0.647. The first-order valence-corrected chi connectivity index (χ1v) is 7.09. The van der Waals surface area contributed by atoms with Gasteiger partial charge in [0.05, 0.1) is 11.0 Å². The molecular formula is C15H11Cl2FN2. The smallest absolute Gasteiger partial charge is 0.125 e. The molecule has 1 aromatic heterocycles. The van der Waals surface area contributed by atoms with Gasteiger partial charge in [0, 0.05) is 29.1 Å².